The summed E-state index contributed by atoms with van der Waals surface area (Å²) in [6.07, 6.45) is 2.82. The maximum atomic E-state index is 12.3. The van der Waals surface area contributed by atoms with Crippen LogP contribution in [-0.2, 0) is 11.8 Å². The molecule has 150 valence electrons. The van der Waals surface area contributed by atoms with E-state index in [1.807, 2.05) is 30.3 Å². The number of benzene rings is 1. The number of anilines is 1. The van der Waals surface area contributed by atoms with Gasteiger partial charge in [0.15, 0.2) is 0 Å². The Morgan fingerprint density at radius 3 is 2.66 bits per heavy atom. The molecule has 3 aromatic rings. The highest BCUT2D eigenvalue weighted by molar-refractivity contribution is 7.13. The maximum Gasteiger partial charge on any atom is 0.263 e. The fourth-order valence-electron chi connectivity index (χ4n) is 2.81. The molecule has 29 heavy (non-hydrogen) atoms. The van der Waals surface area contributed by atoms with Crippen molar-refractivity contribution >= 4 is 23.1 Å². The van der Waals surface area contributed by atoms with E-state index >= 15 is 0 Å². The van der Waals surface area contributed by atoms with Crippen LogP contribution in [-0.4, -0.2) is 27.2 Å². The number of nitriles is 1. The average Bonchev–Trinajstić information content (AvgIpc) is 3.31. The number of rotatable bonds is 6. The highest BCUT2D eigenvalue weighted by Gasteiger charge is 2.20. The summed E-state index contributed by atoms with van der Waals surface area (Å²) in [4.78, 5) is 17.3. The first-order valence-corrected chi connectivity index (χ1v) is 10.2. The predicted molar refractivity (Wildman–Crippen MR) is 114 cm³/mol. The van der Waals surface area contributed by atoms with Gasteiger partial charge in [0, 0.05) is 12.0 Å². The molecule has 0 atom stereocenters. The minimum atomic E-state index is -0.132. The first-order valence-electron chi connectivity index (χ1n) is 9.38. The number of nitrogens with two attached hydrogens (primary N) is 1. The third kappa shape index (κ3) is 4.63. The zero-order valence-electron chi connectivity index (χ0n) is 16.8. The van der Waals surface area contributed by atoms with Crippen molar-refractivity contribution in [1.82, 2.24) is 20.1 Å². The third-order valence-electron chi connectivity index (χ3n) is 4.35. The molecule has 0 saturated heterocycles. The number of aryl methyl sites for hydroxylation is 1. The number of carbonyl (C=O) groups is 1. The predicted octanol–water partition coefficient (Wildman–Crippen LogP) is 3.44. The summed E-state index contributed by atoms with van der Waals surface area (Å²) >= 11 is 1.41. The summed E-state index contributed by atoms with van der Waals surface area (Å²) < 4.78 is 1.58. The standard InChI is InChI=1S/C21H24N6OS/c1-21(2,3)20-25-13-17(29-20)19(28)24-11-7-10-16-15(12-22)18(23)27(26-16)14-8-5-4-6-9-14/h4-6,8-9,13H,7,10-11,23H2,1-3H3,(H,24,28). The molecule has 0 spiro atoms. The zero-order valence-corrected chi connectivity index (χ0v) is 17.6. The number of aromatic nitrogens is 3. The molecule has 0 saturated carbocycles. The molecule has 0 aliphatic carbocycles. The molecule has 8 heteroatoms. The Balaban J connectivity index is 1.60. The largest absolute Gasteiger partial charge is 0.382 e. The van der Waals surface area contributed by atoms with Gasteiger partial charge in [-0.2, -0.15) is 10.4 Å². The lowest BCUT2D eigenvalue weighted by atomic mass is 9.98. The van der Waals surface area contributed by atoms with E-state index in [-0.39, 0.29) is 11.3 Å². The number of nitrogens with one attached hydrogen (secondary N) is 1. The van der Waals surface area contributed by atoms with Crippen molar-refractivity contribution in [2.24, 2.45) is 0 Å². The first-order chi connectivity index (χ1) is 13.8. The molecule has 0 unspecified atom stereocenters. The van der Waals surface area contributed by atoms with Crippen LogP contribution in [0, 0.1) is 11.3 Å². The van der Waals surface area contributed by atoms with E-state index in [2.05, 4.69) is 42.2 Å². The lowest BCUT2D eigenvalue weighted by molar-refractivity contribution is 0.0957. The molecular formula is C21H24N6OS. The number of hydrogen-bond acceptors (Lipinski definition) is 6. The molecule has 3 N–H and O–H groups in total. The van der Waals surface area contributed by atoms with E-state index in [1.165, 1.54) is 11.3 Å². The van der Waals surface area contributed by atoms with E-state index in [9.17, 15) is 10.1 Å². The minimum absolute atomic E-state index is 0.0750. The normalized spacial score (nSPS) is 11.2. The van der Waals surface area contributed by atoms with Gasteiger partial charge in [0.25, 0.3) is 5.91 Å². The van der Waals surface area contributed by atoms with Crippen LogP contribution >= 0.6 is 11.3 Å². The maximum absolute atomic E-state index is 12.3. The molecule has 1 aromatic carbocycles. The third-order valence-corrected chi connectivity index (χ3v) is 5.78. The van der Waals surface area contributed by atoms with Crippen molar-refractivity contribution in [3.05, 3.63) is 57.7 Å². The monoisotopic (exact) mass is 408 g/mol. The van der Waals surface area contributed by atoms with Crippen LogP contribution in [0.25, 0.3) is 5.69 Å². The van der Waals surface area contributed by atoms with Crippen molar-refractivity contribution in [3.63, 3.8) is 0 Å². The molecular weight excluding hydrogens is 384 g/mol. The van der Waals surface area contributed by atoms with E-state index in [4.69, 9.17) is 5.73 Å². The molecule has 0 bridgehead atoms. The Labute approximate surface area is 174 Å². The summed E-state index contributed by atoms with van der Waals surface area (Å²) in [5.74, 6) is 0.199. The van der Waals surface area contributed by atoms with Crippen molar-refractivity contribution < 1.29 is 4.79 Å². The molecule has 2 heterocycles. The Morgan fingerprint density at radius 1 is 1.31 bits per heavy atom. The van der Waals surface area contributed by atoms with E-state index in [0.29, 0.717) is 41.3 Å². The van der Waals surface area contributed by atoms with Crippen LogP contribution in [0.3, 0.4) is 0 Å². The van der Waals surface area contributed by atoms with Gasteiger partial charge in [-0.25, -0.2) is 9.67 Å². The smallest absolute Gasteiger partial charge is 0.263 e. The number of thiazole rings is 1. The van der Waals surface area contributed by atoms with Gasteiger partial charge in [0.05, 0.1) is 22.6 Å². The lowest BCUT2D eigenvalue weighted by Crippen LogP contribution is -2.24. The fraction of sp³-hybridized carbons (Fsp3) is 0.333. The molecule has 0 radical (unpaired) electrons. The van der Waals surface area contributed by atoms with Crippen molar-refractivity contribution in [3.8, 4) is 11.8 Å². The Kier molecular flexibility index (Phi) is 5.99. The molecule has 0 fully saturated rings. The topological polar surface area (TPSA) is 110 Å². The molecule has 2 aromatic heterocycles. The Bertz CT molecular complexity index is 1040. The molecule has 1 amide bonds. The van der Waals surface area contributed by atoms with Crippen molar-refractivity contribution in [1.29, 1.82) is 5.26 Å². The number of para-hydroxylation sites is 1. The quantitative estimate of drug-likeness (QED) is 0.607. The summed E-state index contributed by atoms with van der Waals surface area (Å²) in [5, 5.41) is 17.8. The number of nitrogen functional groups attached to an aromatic ring is 1. The summed E-state index contributed by atoms with van der Waals surface area (Å²) in [5.41, 5.74) is 7.87. The van der Waals surface area contributed by atoms with Gasteiger partial charge in [-0.1, -0.05) is 39.0 Å². The second-order valence-electron chi connectivity index (χ2n) is 7.71. The van der Waals surface area contributed by atoms with Gasteiger partial charge in [-0.15, -0.1) is 11.3 Å². The summed E-state index contributed by atoms with van der Waals surface area (Å²) in [7, 11) is 0. The van der Waals surface area contributed by atoms with Crippen molar-refractivity contribution in [2.45, 2.75) is 39.0 Å². The van der Waals surface area contributed by atoms with Crippen LogP contribution in [0.4, 0.5) is 5.82 Å². The van der Waals surface area contributed by atoms with Crippen LogP contribution in [0.5, 0.6) is 0 Å². The first kappa shape index (κ1) is 20.6. The zero-order chi connectivity index (χ0) is 21.0. The highest BCUT2D eigenvalue weighted by Crippen LogP contribution is 2.26. The van der Waals surface area contributed by atoms with E-state index in [0.717, 1.165) is 10.7 Å². The highest BCUT2D eigenvalue weighted by atomic mass is 32.1. The van der Waals surface area contributed by atoms with Crippen LogP contribution in [0.2, 0.25) is 0 Å². The SMILES string of the molecule is CC(C)(C)c1ncc(C(=O)NCCCc2nn(-c3ccccc3)c(N)c2C#N)s1. The van der Waals surface area contributed by atoms with Crippen molar-refractivity contribution in [2.75, 3.05) is 12.3 Å². The molecule has 3 rings (SSSR count). The molecule has 0 aliphatic heterocycles. The van der Waals surface area contributed by atoms with Gasteiger partial charge < -0.3 is 11.1 Å². The number of carbonyl (C=O) groups excluding carboxylic acids is 1. The Hall–Kier alpha value is -3.18. The molecule has 7 nitrogen and oxygen atoms in total. The lowest BCUT2D eigenvalue weighted by Gasteiger charge is -2.13. The fourth-order valence-corrected chi connectivity index (χ4v) is 3.70. The van der Waals surface area contributed by atoms with Crippen LogP contribution in [0.15, 0.2) is 36.5 Å². The second kappa shape index (κ2) is 8.45. The number of nitrogens with zero attached hydrogens (tertiary/aromatic N) is 4. The number of amides is 1. The Morgan fingerprint density at radius 2 is 2.03 bits per heavy atom. The van der Waals surface area contributed by atoms with Gasteiger partial charge in [-0.05, 0) is 25.0 Å². The van der Waals surface area contributed by atoms with E-state index < -0.39 is 0 Å². The second-order valence-corrected chi connectivity index (χ2v) is 8.74. The average molecular weight is 409 g/mol. The van der Waals surface area contributed by atoms with Gasteiger partial charge in [0.2, 0.25) is 0 Å². The van der Waals surface area contributed by atoms with E-state index in [1.54, 1.807) is 10.9 Å². The molecule has 0 aliphatic rings. The number of hydrogen-bond donors (Lipinski definition) is 2. The summed E-state index contributed by atoms with van der Waals surface area (Å²) in [6, 6.07) is 11.6. The summed E-state index contributed by atoms with van der Waals surface area (Å²) in [6.45, 7) is 6.69. The minimum Gasteiger partial charge on any atom is -0.382 e. The van der Waals surface area contributed by atoms with Crippen LogP contribution in [0.1, 0.15) is 53.1 Å². The van der Waals surface area contributed by atoms with Gasteiger partial charge >= 0.3 is 0 Å². The van der Waals surface area contributed by atoms with Crippen LogP contribution < -0.4 is 11.1 Å². The van der Waals surface area contributed by atoms with Gasteiger partial charge in [-0.3, -0.25) is 4.79 Å². The van der Waals surface area contributed by atoms with Gasteiger partial charge in [0.1, 0.15) is 22.3 Å².